The number of rotatable bonds is 15. The molecule has 0 atom stereocenters. The Hall–Kier alpha value is -15.5. The van der Waals surface area contributed by atoms with E-state index in [1.807, 2.05) is 34.0 Å². The molecule has 3 aromatic heterocycles. The van der Waals surface area contributed by atoms with Crippen LogP contribution in [0.2, 0.25) is 0 Å². The molecule has 126 heavy (non-hydrogen) atoms. The molecule has 0 fully saturated rings. The van der Waals surface area contributed by atoms with E-state index in [0.29, 0.717) is 0 Å². The van der Waals surface area contributed by atoms with Gasteiger partial charge in [0.2, 0.25) is 0 Å². The van der Waals surface area contributed by atoms with Crippen LogP contribution < -0.4 is 14.7 Å². The molecule has 0 saturated carbocycles. The first-order valence-corrected chi connectivity index (χ1v) is 45.3. The Morgan fingerprint density at radius 1 is 0.119 bits per heavy atom. The van der Waals surface area contributed by atoms with Gasteiger partial charge in [-0.15, -0.1) is 34.0 Å². The fourth-order valence-electron chi connectivity index (χ4n) is 18.0. The van der Waals surface area contributed by atoms with Gasteiger partial charge in [0.15, 0.2) is 0 Å². The van der Waals surface area contributed by atoms with Crippen molar-refractivity contribution in [2.75, 3.05) is 14.7 Å². The van der Waals surface area contributed by atoms with Gasteiger partial charge >= 0.3 is 0 Å². The van der Waals surface area contributed by atoms with E-state index in [1.165, 1.54) is 160 Å². The third kappa shape index (κ3) is 15.2. The number of fused-ring (bicyclic) bond motifs is 12. The highest BCUT2D eigenvalue weighted by Crippen LogP contribution is 2.47. The summed E-state index contributed by atoms with van der Waals surface area (Å²) in [6, 6.07) is 178. The maximum absolute atomic E-state index is 2.38. The smallest absolute Gasteiger partial charge is 0.0468 e. The van der Waals surface area contributed by atoms with E-state index < -0.39 is 0 Å². The van der Waals surface area contributed by atoms with E-state index in [2.05, 4.69) is 506 Å². The molecule has 0 radical (unpaired) electrons. The summed E-state index contributed by atoms with van der Waals surface area (Å²) in [5.41, 5.74) is 25.0. The summed E-state index contributed by atoms with van der Waals surface area (Å²) < 4.78 is 7.90. The van der Waals surface area contributed by atoms with E-state index in [4.69, 9.17) is 0 Å². The van der Waals surface area contributed by atoms with Crippen LogP contribution in [-0.4, -0.2) is 0 Å². The lowest BCUT2D eigenvalue weighted by Gasteiger charge is -2.26. The summed E-state index contributed by atoms with van der Waals surface area (Å²) in [7, 11) is 0. The summed E-state index contributed by atoms with van der Waals surface area (Å²) in [6.07, 6.45) is 0. The van der Waals surface area contributed by atoms with Crippen molar-refractivity contribution in [2.45, 2.75) is 0 Å². The van der Waals surface area contributed by atoms with Gasteiger partial charge in [-0.3, -0.25) is 0 Å². The molecule has 0 N–H and O–H groups in total. The molecule has 0 amide bonds. The Morgan fingerprint density at radius 2 is 0.310 bits per heavy atom. The van der Waals surface area contributed by atoms with Crippen LogP contribution in [-0.2, 0) is 0 Å². The molecule has 0 aliphatic rings. The van der Waals surface area contributed by atoms with Crippen molar-refractivity contribution in [3.05, 3.63) is 491 Å². The van der Waals surface area contributed by atoms with Crippen molar-refractivity contribution in [1.82, 2.24) is 0 Å². The monoisotopic (exact) mass is 1660 g/mol. The molecule has 3 heterocycles. The Balaban J connectivity index is 0.000000112. The zero-order valence-electron chi connectivity index (χ0n) is 68.8. The highest BCUT2D eigenvalue weighted by atomic mass is 32.1. The molecular formula is C120H81N3S3. The Morgan fingerprint density at radius 3 is 0.571 bits per heavy atom. The van der Waals surface area contributed by atoms with Gasteiger partial charge in [0.25, 0.3) is 0 Å². The highest BCUT2D eigenvalue weighted by molar-refractivity contribution is 7.26. The van der Waals surface area contributed by atoms with Crippen LogP contribution in [0, 0.1) is 0 Å². The van der Waals surface area contributed by atoms with Crippen LogP contribution in [0.1, 0.15) is 0 Å². The number of nitrogens with zero attached hydrogens (tertiary/aromatic N) is 3. The Kier molecular flexibility index (Phi) is 20.7. The van der Waals surface area contributed by atoms with Crippen molar-refractivity contribution in [2.24, 2.45) is 0 Å². The van der Waals surface area contributed by atoms with Gasteiger partial charge < -0.3 is 14.7 Å². The summed E-state index contributed by atoms with van der Waals surface area (Å²) in [6.45, 7) is 0. The summed E-state index contributed by atoms with van der Waals surface area (Å²) in [5.74, 6) is 0. The lowest BCUT2D eigenvalue weighted by Crippen LogP contribution is -2.09. The average molecular weight is 1660 g/mol. The van der Waals surface area contributed by atoms with Gasteiger partial charge in [0.05, 0.1) is 0 Å². The van der Waals surface area contributed by atoms with Gasteiger partial charge in [-0.25, -0.2) is 0 Å². The minimum atomic E-state index is 1.13. The first-order chi connectivity index (χ1) is 62.4. The summed E-state index contributed by atoms with van der Waals surface area (Å²) >= 11 is 5.57. The van der Waals surface area contributed by atoms with Gasteiger partial charge in [0.1, 0.15) is 0 Å². The topological polar surface area (TPSA) is 9.72 Å². The third-order valence-corrected chi connectivity index (χ3v) is 27.7. The fourth-order valence-corrected chi connectivity index (χ4v) is 21.3. The van der Waals surface area contributed by atoms with E-state index in [9.17, 15) is 0 Å². The maximum atomic E-state index is 2.38. The van der Waals surface area contributed by atoms with Crippen LogP contribution in [0.5, 0.6) is 0 Å². The molecule has 24 rings (SSSR count). The second-order valence-electron chi connectivity index (χ2n) is 31.8. The maximum Gasteiger partial charge on any atom is 0.0468 e. The molecule has 3 nitrogen and oxygen atoms in total. The lowest BCUT2D eigenvalue weighted by atomic mass is 9.97. The lowest BCUT2D eigenvalue weighted by molar-refractivity contribution is 1.29. The standard InChI is InChI=1S/C44H29NS.C40H27NS.C36H25NS/c1-3-13-37-30(9-1)11-7-16-39(37)32-19-23-34(24-20-32)45(36-27-28-44-42(29-36)41-15-5-6-18-43(41)46-44)35-25-21-33(22-26-35)40-17-8-12-31-10-2-4-14-38(31)40;1-2-9-28(10-3-1)29-17-21-32(22-18-29)41(34-25-26-40-38(27-34)37-14-6-7-16-39(37)42-40)33-23-19-31(20-24-33)36-15-8-12-30-11-4-5-13-35(30)36;1-3-9-26(10-4-1)28-15-19-30(20-16-28)37(31-21-17-29(18-22-31)27-11-5-2-6-12-27)32-23-24-36-34(25-32)33-13-7-8-14-35(33)38-36/h1-29H;1-27H;1-25H. The van der Waals surface area contributed by atoms with Crippen molar-refractivity contribution in [3.63, 3.8) is 0 Å². The van der Waals surface area contributed by atoms with Crippen LogP contribution in [0.15, 0.2) is 491 Å². The SMILES string of the molecule is c1ccc(-c2ccc(N(c3ccc(-c4cccc5ccccc45)cc3)c3ccc4sc5ccccc5c4c3)cc2)cc1.c1ccc(-c2ccc(N(c3ccc(-c4ccccc4)cc3)c3ccc4sc5ccccc5c4c3)cc2)cc1.c1ccc2c(-c3ccc(N(c4ccc(-c5cccc6ccccc56)cc4)c4ccc5sc6ccccc6c5c4)cc3)cccc2c1. The fraction of sp³-hybridized carbons (Fsp3) is 0. The van der Waals surface area contributed by atoms with Crippen molar-refractivity contribution < 1.29 is 0 Å². The normalized spacial score (nSPS) is 11.3. The van der Waals surface area contributed by atoms with Crippen molar-refractivity contribution in [1.29, 1.82) is 0 Å². The summed E-state index contributed by atoms with van der Waals surface area (Å²) in [4.78, 5) is 7.11. The average Bonchev–Trinajstić information content (AvgIpc) is 0.937. The second kappa shape index (κ2) is 34.1. The zero-order chi connectivity index (χ0) is 83.6. The number of hydrogen-bond donors (Lipinski definition) is 0. The number of anilines is 9. The second-order valence-corrected chi connectivity index (χ2v) is 35.1. The van der Waals surface area contributed by atoms with Crippen molar-refractivity contribution in [3.8, 4) is 66.8 Å². The molecule has 0 aliphatic carbocycles. The molecule has 6 heteroatoms. The molecule has 0 bridgehead atoms. The van der Waals surface area contributed by atoms with Gasteiger partial charge in [0, 0.05) is 112 Å². The van der Waals surface area contributed by atoms with Crippen LogP contribution in [0.4, 0.5) is 51.2 Å². The molecule has 0 aliphatic heterocycles. The molecule has 594 valence electrons. The largest absolute Gasteiger partial charge is 0.310 e. The Bertz CT molecular complexity index is 7820. The third-order valence-electron chi connectivity index (χ3n) is 24.2. The quantitative estimate of drug-likeness (QED) is 0.101. The van der Waals surface area contributed by atoms with Crippen molar-refractivity contribution >= 4 is 178 Å². The number of thiophene rings is 3. The molecule has 21 aromatic carbocycles. The van der Waals surface area contributed by atoms with Gasteiger partial charge in [-0.1, -0.05) is 346 Å². The highest BCUT2D eigenvalue weighted by Gasteiger charge is 2.22. The number of hydrogen-bond acceptors (Lipinski definition) is 6. The minimum absolute atomic E-state index is 1.13. The minimum Gasteiger partial charge on any atom is -0.310 e. The molecule has 0 saturated heterocycles. The first-order valence-electron chi connectivity index (χ1n) is 42.8. The van der Waals surface area contributed by atoms with E-state index in [1.54, 1.807) is 0 Å². The number of benzene rings is 21. The van der Waals surface area contributed by atoms with E-state index in [-0.39, 0.29) is 0 Å². The van der Waals surface area contributed by atoms with Gasteiger partial charge in [-0.2, -0.15) is 0 Å². The predicted octanol–water partition coefficient (Wildman–Crippen LogP) is 36.0. The zero-order valence-corrected chi connectivity index (χ0v) is 71.3. The van der Waals surface area contributed by atoms with Crippen LogP contribution in [0.3, 0.4) is 0 Å². The predicted molar refractivity (Wildman–Crippen MR) is 547 cm³/mol. The van der Waals surface area contributed by atoms with Crippen LogP contribution in [0.25, 0.3) is 160 Å². The molecule has 24 aromatic rings. The van der Waals surface area contributed by atoms with E-state index in [0.717, 1.165) is 51.2 Å². The molecule has 0 unspecified atom stereocenters. The summed E-state index contributed by atoms with van der Waals surface area (Å²) in [5, 5.41) is 15.4. The van der Waals surface area contributed by atoms with Gasteiger partial charge in [-0.05, 0) is 245 Å². The van der Waals surface area contributed by atoms with E-state index >= 15 is 0 Å². The molecule has 0 spiro atoms. The molecular weight excluding hydrogens is 1580 g/mol. The Labute approximate surface area is 745 Å². The van der Waals surface area contributed by atoms with Crippen LogP contribution >= 0.6 is 34.0 Å². The first kappa shape index (κ1) is 76.6.